The molecule has 3 rings (SSSR count). The fourth-order valence-corrected chi connectivity index (χ4v) is 3.35. The van der Waals surface area contributed by atoms with Crippen LogP contribution in [0, 0.1) is 11.3 Å². The molecule has 0 atom stereocenters. The maximum atomic E-state index is 12.1. The normalized spacial score (nSPS) is 15.2. The Morgan fingerprint density at radius 1 is 1.47 bits per heavy atom. The highest BCUT2D eigenvalue weighted by Gasteiger charge is 2.26. The molecule has 0 spiro atoms. The third-order valence-electron chi connectivity index (χ3n) is 2.87. The van der Waals surface area contributed by atoms with Crippen LogP contribution in [0.15, 0.2) is 28.5 Å². The quantitative estimate of drug-likeness (QED) is 0.487. The van der Waals surface area contributed by atoms with Gasteiger partial charge in [-0.25, -0.2) is 4.98 Å². The Morgan fingerprint density at radius 3 is 2.95 bits per heavy atom. The summed E-state index contributed by atoms with van der Waals surface area (Å²) in [7, 11) is 0. The van der Waals surface area contributed by atoms with Crippen LogP contribution >= 0.6 is 22.7 Å². The number of carbonyl (C=O) groups is 1. The highest BCUT2D eigenvalue weighted by Crippen LogP contribution is 2.41. The van der Waals surface area contributed by atoms with E-state index >= 15 is 0 Å². The molecule has 1 saturated carbocycles. The summed E-state index contributed by atoms with van der Waals surface area (Å²) < 4.78 is 0. The van der Waals surface area contributed by atoms with E-state index in [1.54, 1.807) is 29.5 Å². The molecule has 5 heteroatoms. The van der Waals surface area contributed by atoms with Crippen molar-refractivity contribution in [3.05, 3.63) is 44.0 Å². The van der Waals surface area contributed by atoms with Gasteiger partial charge in [-0.2, -0.15) is 5.26 Å². The third-order valence-corrected chi connectivity index (χ3v) is 4.76. The lowest BCUT2D eigenvalue weighted by Crippen LogP contribution is -1.99. The van der Waals surface area contributed by atoms with E-state index in [4.69, 9.17) is 5.26 Å². The number of hydrogen-bond acceptors (Lipinski definition) is 5. The average molecular weight is 286 g/mol. The lowest BCUT2D eigenvalue weighted by atomic mass is 10.1. The van der Waals surface area contributed by atoms with Crippen LogP contribution in [0.25, 0.3) is 6.08 Å². The van der Waals surface area contributed by atoms with E-state index in [1.165, 1.54) is 24.2 Å². The van der Waals surface area contributed by atoms with Crippen molar-refractivity contribution in [3.8, 4) is 6.07 Å². The summed E-state index contributed by atoms with van der Waals surface area (Å²) in [4.78, 5) is 17.1. The number of ketones is 1. The first-order chi connectivity index (χ1) is 9.28. The zero-order valence-corrected chi connectivity index (χ0v) is 11.6. The van der Waals surface area contributed by atoms with E-state index in [0.717, 1.165) is 5.01 Å². The van der Waals surface area contributed by atoms with Crippen LogP contribution in [0.3, 0.4) is 0 Å². The van der Waals surface area contributed by atoms with Crippen LogP contribution in [0.4, 0.5) is 0 Å². The van der Waals surface area contributed by atoms with Gasteiger partial charge in [-0.1, -0.05) is 6.07 Å². The number of carbonyl (C=O) groups excluding carboxylic acids is 1. The minimum Gasteiger partial charge on any atom is -0.287 e. The maximum absolute atomic E-state index is 12.1. The topological polar surface area (TPSA) is 53.8 Å². The predicted molar refractivity (Wildman–Crippen MR) is 76.3 cm³/mol. The first kappa shape index (κ1) is 12.3. The Morgan fingerprint density at radius 2 is 2.32 bits per heavy atom. The molecule has 1 fully saturated rings. The highest BCUT2D eigenvalue weighted by molar-refractivity contribution is 7.12. The van der Waals surface area contributed by atoms with Crippen molar-refractivity contribution in [1.82, 2.24) is 4.98 Å². The van der Waals surface area contributed by atoms with Gasteiger partial charge in [-0.05, 0) is 30.4 Å². The number of nitrogens with zero attached hydrogens (tertiary/aromatic N) is 2. The average Bonchev–Trinajstić information content (AvgIpc) is 2.95. The molecule has 2 aromatic rings. The van der Waals surface area contributed by atoms with Crippen molar-refractivity contribution in [2.75, 3.05) is 0 Å². The molecule has 0 aliphatic heterocycles. The summed E-state index contributed by atoms with van der Waals surface area (Å²) >= 11 is 2.95. The number of thiazole rings is 1. The smallest absolute Gasteiger partial charge is 0.213 e. The molecule has 0 unspecified atom stereocenters. The Balaban J connectivity index is 1.86. The fourth-order valence-electron chi connectivity index (χ4n) is 1.72. The maximum Gasteiger partial charge on any atom is 0.213 e. The predicted octanol–water partition coefficient (Wildman–Crippen LogP) is 3.87. The second kappa shape index (κ2) is 5.08. The minimum absolute atomic E-state index is 0.148. The summed E-state index contributed by atoms with van der Waals surface area (Å²) in [6, 6.07) is 5.51. The number of thiophene rings is 1. The van der Waals surface area contributed by atoms with Gasteiger partial charge in [-0.3, -0.25) is 4.79 Å². The molecule has 2 heterocycles. The Labute approximate surface area is 118 Å². The van der Waals surface area contributed by atoms with Gasteiger partial charge in [-0.15, -0.1) is 22.7 Å². The SMILES string of the molecule is N#CC(=Cc1csc(C2CC2)n1)C(=O)c1cccs1. The van der Waals surface area contributed by atoms with Crippen LogP contribution in [-0.4, -0.2) is 10.8 Å². The van der Waals surface area contributed by atoms with Crippen LogP contribution in [0.5, 0.6) is 0 Å². The van der Waals surface area contributed by atoms with Gasteiger partial charge in [0.05, 0.1) is 15.6 Å². The fraction of sp³-hybridized carbons (Fsp3) is 0.214. The van der Waals surface area contributed by atoms with Crippen LogP contribution in [0.1, 0.15) is 39.1 Å². The molecular weight excluding hydrogens is 276 g/mol. The number of hydrogen-bond donors (Lipinski definition) is 0. The summed E-state index contributed by atoms with van der Waals surface area (Å²) in [5.74, 6) is 0.379. The molecule has 2 aromatic heterocycles. The van der Waals surface area contributed by atoms with Crippen LogP contribution in [0.2, 0.25) is 0 Å². The summed E-state index contributed by atoms with van der Waals surface area (Å²) in [6.45, 7) is 0. The summed E-state index contributed by atoms with van der Waals surface area (Å²) in [5, 5.41) is 14.0. The molecule has 1 aliphatic rings. The monoisotopic (exact) mass is 286 g/mol. The van der Waals surface area contributed by atoms with Gasteiger partial charge < -0.3 is 0 Å². The molecule has 0 aromatic carbocycles. The first-order valence-corrected chi connectivity index (χ1v) is 7.69. The third kappa shape index (κ3) is 2.65. The number of nitriles is 1. The molecule has 1 aliphatic carbocycles. The lowest BCUT2D eigenvalue weighted by Gasteiger charge is -1.94. The van der Waals surface area contributed by atoms with Crippen molar-refractivity contribution in [1.29, 1.82) is 5.26 Å². The van der Waals surface area contributed by atoms with Crippen molar-refractivity contribution in [2.24, 2.45) is 0 Å². The second-order valence-corrected chi connectivity index (χ2v) is 6.20. The number of Topliss-reactive ketones (excluding diaryl/α,β-unsaturated/α-hetero) is 1. The van der Waals surface area contributed by atoms with Crippen molar-refractivity contribution in [2.45, 2.75) is 18.8 Å². The van der Waals surface area contributed by atoms with Gasteiger partial charge in [0.25, 0.3) is 0 Å². The van der Waals surface area contributed by atoms with E-state index in [2.05, 4.69) is 4.98 Å². The molecule has 0 radical (unpaired) electrons. The zero-order chi connectivity index (χ0) is 13.2. The van der Waals surface area contributed by atoms with E-state index in [-0.39, 0.29) is 11.4 Å². The van der Waals surface area contributed by atoms with Crippen molar-refractivity contribution in [3.63, 3.8) is 0 Å². The first-order valence-electron chi connectivity index (χ1n) is 5.93. The van der Waals surface area contributed by atoms with E-state index in [1.807, 2.05) is 16.8 Å². The van der Waals surface area contributed by atoms with E-state index < -0.39 is 0 Å². The zero-order valence-electron chi connectivity index (χ0n) is 10.00. The molecule has 3 nitrogen and oxygen atoms in total. The molecule has 0 N–H and O–H groups in total. The van der Waals surface area contributed by atoms with Crippen LogP contribution < -0.4 is 0 Å². The summed E-state index contributed by atoms with van der Waals surface area (Å²) in [5.41, 5.74) is 0.864. The molecular formula is C14H10N2OS2. The minimum atomic E-state index is -0.224. The number of aromatic nitrogens is 1. The van der Waals surface area contributed by atoms with Gasteiger partial charge in [0.2, 0.25) is 5.78 Å². The van der Waals surface area contributed by atoms with Gasteiger partial charge in [0, 0.05) is 11.3 Å². The second-order valence-electron chi connectivity index (χ2n) is 4.36. The van der Waals surface area contributed by atoms with Gasteiger partial charge in [0.1, 0.15) is 11.6 Å². The molecule has 19 heavy (non-hydrogen) atoms. The Hall–Kier alpha value is -1.77. The molecule has 0 saturated heterocycles. The Bertz CT molecular complexity index is 673. The van der Waals surface area contributed by atoms with Gasteiger partial charge in [0.15, 0.2) is 0 Å². The highest BCUT2D eigenvalue weighted by atomic mass is 32.1. The van der Waals surface area contributed by atoms with Gasteiger partial charge >= 0.3 is 0 Å². The lowest BCUT2D eigenvalue weighted by molar-refractivity contribution is 0.104. The number of allylic oxidation sites excluding steroid dienone is 1. The Kier molecular flexibility index (Phi) is 3.28. The van der Waals surface area contributed by atoms with E-state index in [0.29, 0.717) is 16.5 Å². The molecule has 0 amide bonds. The molecule has 94 valence electrons. The van der Waals surface area contributed by atoms with Crippen molar-refractivity contribution >= 4 is 34.5 Å². The van der Waals surface area contributed by atoms with Crippen molar-refractivity contribution < 1.29 is 4.79 Å². The van der Waals surface area contributed by atoms with E-state index in [9.17, 15) is 4.79 Å². The summed E-state index contributed by atoms with van der Waals surface area (Å²) in [6.07, 6.45) is 4.00. The number of rotatable bonds is 4. The molecule has 0 bridgehead atoms. The van der Waals surface area contributed by atoms with Crippen LogP contribution in [-0.2, 0) is 0 Å². The standard InChI is InChI=1S/C14H10N2OS2/c15-7-10(13(17)12-2-1-5-18-12)6-11-8-19-14(16-11)9-3-4-9/h1-2,5-6,8-9H,3-4H2. The largest absolute Gasteiger partial charge is 0.287 e.